The van der Waals surface area contributed by atoms with Gasteiger partial charge in [0.15, 0.2) is 0 Å². The molecule has 2 nitrogen and oxygen atoms in total. The molecule has 1 heterocycles. The van der Waals surface area contributed by atoms with Gasteiger partial charge in [-0.15, -0.1) is 11.3 Å². The zero-order valence-electron chi connectivity index (χ0n) is 10.3. The van der Waals surface area contributed by atoms with Crippen LogP contribution in [0, 0.1) is 17.4 Å². The quantitative estimate of drug-likeness (QED) is 0.815. The first-order valence-corrected chi connectivity index (χ1v) is 7.61. The summed E-state index contributed by atoms with van der Waals surface area (Å²) in [5.41, 5.74) is 3.19. The first-order chi connectivity index (χ1) is 8.58. The predicted molar refractivity (Wildman–Crippen MR) is 84.1 cm³/mol. The highest BCUT2D eigenvalue weighted by Gasteiger charge is 2.07. The van der Waals surface area contributed by atoms with E-state index in [-0.39, 0.29) is 5.91 Å². The third kappa shape index (κ3) is 3.11. The van der Waals surface area contributed by atoms with Crippen molar-refractivity contribution < 1.29 is 4.79 Å². The molecule has 1 aromatic carbocycles. The number of benzene rings is 1. The maximum atomic E-state index is 11.9. The molecule has 0 aliphatic carbocycles. The van der Waals surface area contributed by atoms with Gasteiger partial charge in [-0.3, -0.25) is 4.79 Å². The summed E-state index contributed by atoms with van der Waals surface area (Å²) in [7, 11) is 0. The second-order valence-corrected chi connectivity index (χ2v) is 6.46. The largest absolute Gasteiger partial charge is 0.348 e. The molecule has 0 radical (unpaired) electrons. The lowest BCUT2D eigenvalue weighted by Gasteiger charge is -2.05. The van der Waals surface area contributed by atoms with Crippen LogP contribution < -0.4 is 5.32 Å². The van der Waals surface area contributed by atoms with E-state index in [1.165, 1.54) is 16.0 Å². The minimum Gasteiger partial charge on any atom is -0.348 e. The van der Waals surface area contributed by atoms with Crippen LogP contribution in [0.15, 0.2) is 29.6 Å². The molecule has 94 valence electrons. The van der Waals surface area contributed by atoms with Crippen molar-refractivity contribution in [2.24, 2.45) is 0 Å². The highest BCUT2D eigenvalue weighted by Crippen LogP contribution is 2.20. The molecular weight excluding hydrogens is 357 g/mol. The van der Waals surface area contributed by atoms with Crippen molar-refractivity contribution in [3.8, 4) is 0 Å². The van der Waals surface area contributed by atoms with E-state index in [2.05, 4.69) is 47.1 Å². The fraction of sp³-hybridized carbons (Fsp3) is 0.214. The van der Waals surface area contributed by atoms with Crippen LogP contribution in [-0.2, 0) is 6.54 Å². The summed E-state index contributed by atoms with van der Waals surface area (Å²) in [6, 6.07) is 7.58. The number of hydrogen-bond donors (Lipinski definition) is 1. The summed E-state index contributed by atoms with van der Waals surface area (Å²) in [5.74, 6) is -0.0188. The Balaban J connectivity index is 2.00. The maximum Gasteiger partial charge on any atom is 0.251 e. The van der Waals surface area contributed by atoms with Gasteiger partial charge in [0.1, 0.15) is 0 Å². The van der Waals surface area contributed by atoms with Gasteiger partial charge in [0, 0.05) is 20.6 Å². The minimum absolute atomic E-state index is 0.0188. The number of nitrogens with one attached hydrogen (secondary N) is 1. The summed E-state index contributed by atoms with van der Waals surface area (Å²) in [6.45, 7) is 4.80. The fourth-order valence-electron chi connectivity index (χ4n) is 1.62. The Morgan fingerprint density at radius 1 is 1.28 bits per heavy atom. The van der Waals surface area contributed by atoms with Gasteiger partial charge in [0.05, 0.1) is 0 Å². The Morgan fingerprint density at radius 2 is 1.94 bits per heavy atom. The highest BCUT2D eigenvalue weighted by atomic mass is 127. The number of carbonyl (C=O) groups is 1. The van der Waals surface area contributed by atoms with Gasteiger partial charge < -0.3 is 5.32 Å². The maximum absolute atomic E-state index is 11.9. The van der Waals surface area contributed by atoms with E-state index in [0.717, 1.165) is 3.57 Å². The van der Waals surface area contributed by atoms with Gasteiger partial charge in [0.25, 0.3) is 5.91 Å². The lowest BCUT2D eigenvalue weighted by atomic mass is 10.1. The van der Waals surface area contributed by atoms with Crippen LogP contribution in [0.25, 0.3) is 0 Å². The van der Waals surface area contributed by atoms with Crippen LogP contribution in [0.4, 0.5) is 0 Å². The Bertz CT molecular complexity index is 560. The zero-order chi connectivity index (χ0) is 13.1. The Kier molecular flexibility index (Phi) is 4.40. The summed E-state index contributed by atoms with van der Waals surface area (Å²) in [6.07, 6.45) is 0. The molecule has 0 aliphatic rings. The summed E-state index contributed by atoms with van der Waals surface area (Å²) in [5, 5.41) is 5.06. The molecule has 0 aliphatic heterocycles. The normalized spacial score (nSPS) is 10.4. The Hall–Kier alpha value is -0.880. The second kappa shape index (κ2) is 5.84. The molecule has 18 heavy (non-hydrogen) atoms. The molecule has 2 rings (SSSR count). The van der Waals surface area contributed by atoms with Gasteiger partial charge >= 0.3 is 0 Å². The number of thiophene rings is 1. The van der Waals surface area contributed by atoms with Crippen LogP contribution in [0.2, 0.25) is 0 Å². The van der Waals surface area contributed by atoms with Crippen LogP contribution in [0.5, 0.6) is 0 Å². The number of aryl methyl sites for hydroxylation is 1. The van der Waals surface area contributed by atoms with Gasteiger partial charge in [0.2, 0.25) is 0 Å². The lowest BCUT2D eigenvalue weighted by molar-refractivity contribution is 0.0951. The third-order valence-electron chi connectivity index (χ3n) is 2.93. The molecule has 0 saturated carbocycles. The summed E-state index contributed by atoms with van der Waals surface area (Å²) >= 11 is 3.96. The van der Waals surface area contributed by atoms with Crippen molar-refractivity contribution in [1.82, 2.24) is 5.32 Å². The first-order valence-electron chi connectivity index (χ1n) is 5.65. The van der Waals surface area contributed by atoms with Crippen LogP contribution in [0.1, 0.15) is 26.4 Å². The molecular formula is C14H14INOS. The van der Waals surface area contributed by atoms with Crippen LogP contribution >= 0.6 is 33.9 Å². The molecule has 4 heteroatoms. The van der Waals surface area contributed by atoms with Crippen molar-refractivity contribution in [2.45, 2.75) is 20.4 Å². The van der Waals surface area contributed by atoms with Crippen molar-refractivity contribution >= 4 is 39.8 Å². The minimum atomic E-state index is -0.0188. The number of rotatable bonds is 3. The third-order valence-corrected chi connectivity index (χ3v) is 4.71. The van der Waals surface area contributed by atoms with Gasteiger partial charge in [-0.05, 0) is 77.2 Å². The Labute approximate surface area is 125 Å². The van der Waals surface area contributed by atoms with E-state index in [0.29, 0.717) is 12.1 Å². The predicted octanol–water partition coefficient (Wildman–Crippen LogP) is 3.90. The molecule has 0 bridgehead atoms. The molecule has 1 amide bonds. The molecule has 1 N–H and O–H groups in total. The topological polar surface area (TPSA) is 29.1 Å². The molecule has 0 fully saturated rings. The molecule has 2 aromatic rings. The second-order valence-electron chi connectivity index (χ2n) is 4.13. The van der Waals surface area contributed by atoms with E-state index in [1.807, 2.05) is 24.3 Å². The SMILES string of the molecule is Cc1scc(CNC(=O)c2ccc(I)cc2)c1C. The summed E-state index contributed by atoms with van der Waals surface area (Å²) < 4.78 is 1.13. The summed E-state index contributed by atoms with van der Waals surface area (Å²) in [4.78, 5) is 13.3. The van der Waals surface area contributed by atoms with Crippen molar-refractivity contribution in [3.63, 3.8) is 0 Å². The molecule has 0 saturated heterocycles. The van der Waals surface area contributed by atoms with Crippen LogP contribution in [-0.4, -0.2) is 5.91 Å². The lowest BCUT2D eigenvalue weighted by Crippen LogP contribution is -2.22. The van der Waals surface area contributed by atoms with Gasteiger partial charge in [-0.2, -0.15) is 0 Å². The number of halogens is 1. The van der Waals surface area contributed by atoms with Crippen molar-refractivity contribution in [1.29, 1.82) is 0 Å². The van der Waals surface area contributed by atoms with E-state index < -0.39 is 0 Å². The average Bonchev–Trinajstić information content (AvgIpc) is 2.68. The molecule has 0 spiro atoms. The molecule has 1 aromatic heterocycles. The van der Waals surface area contributed by atoms with E-state index in [9.17, 15) is 4.79 Å². The molecule has 0 unspecified atom stereocenters. The van der Waals surface area contributed by atoms with Gasteiger partial charge in [-0.25, -0.2) is 0 Å². The number of hydrogen-bond acceptors (Lipinski definition) is 2. The van der Waals surface area contributed by atoms with Crippen molar-refractivity contribution in [2.75, 3.05) is 0 Å². The molecule has 0 atom stereocenters. The standard InChI is InChI=1S/C14H14INOS/c1-9-10(2)18-8-12(9)7-16-14(17)11-3-5-13(15)6-4-11/h3-6,8H,7H2,1-2H3,(H,16,17). The van der Waals surface area contributed by atoms with Crippen LogP contribution in [0.3, 0.4) is 0 Å². The zero-order valence-corrected chi connectivity index (χ0v) is 13.3. The monoisotopic (exact) mass is 371 g/mol. The van der Waals surface area contributed by atoms with E-state index >= 15 is 0 Å². The van der Waals surface area contributed by atoms with Crippen molar-refractivity contribution in [3.05, 3.63) is 54.8 Å². The fourth-order valence-corrected chi connectivity index (χ4v) is 2.86. The number of amides is 1. The highest BCUT2D eigenvalue weighted by molar-refractivity contribution is 14.1. The van der Waals surface area contributed by atoms with Gasteiger partial charge in [-0.1, -0.05) is 0 Å². The number of carbonyl (C=O) groups excluding carboxylic acids is 1. The average molecular weight is 371 g/mol. The van der Waals surface area contributed by atoms with E-state index in [1.54, 1.807) is 11.3 Å². The smallest absolute Gasteiger partial charge is 0.251 e. The first kappa shape index (κ1) is 13.5. The van der Waals surface area contributed by atoms with E-state index in [4.69, 9.17) is 0 Å². The Morgan fingerprint density at radius 3 is 2.50 bits per heavy atom.